The number of hydrogen-bond donors (Lipinski definition) is 2. The number of methoxy groups -OCH3 is 1. The molecule has 0 spiro atoms. The number of imide groups is 1. The van der Waals surface area contributed by atoms with Crippen LogP contribution in [0, 0.1) is 0 Å². The van der Waals surface area contributed by atoms with E-state index in [0.717, 1.165) is 10.6 Å². The van der Waals surface area contributed by atoms with Crippen LogP contribution in [0.1, 0.15) is 13.8 Å². The highest BCUT2D eigenvalue weighted by molar-refractivity contribution is 8.00. The first-order valence-electron chi connectivity index (χ1n) is 8.93. The van der Waals surface area contributed by atoms with Gasteiger partial charge >= 0.3 is 6.03 Å². The predicted molar refractivity (Wildman–Crippen MR) is 114 cm³/mol. The van der Waals surface area contributed by atoms with Gasteiger partial charge in [-0.05, 0) is 37.4 Å². The molecule has 1 unspecified atom stereocenters. The highest BCUT2D eigenvalue weighted by Crippen LogP contribution is 2.35. The molecule has 1 aromatic carbocycles. The van der Waals surface area contributed by atoms with Crippen LogP contribution in [0.3, 0.4) is 0 Å². The normalized spacial score (nSPS) is 11.7. The largest absolute Gasteiger partial charge is 0.495 e. The quantitative estimate of drug-likeness (QED) is 0.557. The molecule has 0 saturated heterocycles. The monoisotopic (exact) mass is 431 g/mol. The van der Waals surface area contributed by atoms with Crippen LogP contribution >= 0.6 is 23.1 Å². The number of para-hydroxylation sites is 2. The van der Waals surface area contributed by atoms with Crippen LogP contribution in [-0.4, -0.2) is 45.6 Å². The van der Waals surface area contributed by atoms with Crippen LogP contribution in [0.25, 0.3) is 16.4 Å². The minimum absolute atomic E-state index is 0.409. The maximum atomic E-state index is 12.4. The standard InChI is InChI=1S/C19H21N5O3S2/c1-4-20-18(26)21-17(25)12(2)29-19-23-22-16(15-10-7-11-28-15)24(19)13-8-5-6-9-14(13)27-3/h5-12H,4H2,1-3H3,(H2,20,21,25,26). The fraction of sp³-hybridized carbons (Fsp3) is 0.263. The van der Waals surface area contributed by atoms with Gasteiger partial charge < -0.3 is 10.1 Å². The number of thiophene rings is 1. The zero-order valence-corrected chi connectivity index (χ0v) is 17.8. The van der Waals surface area contributed by atoms with Gasteiger partial charge in [-0.25, -0.2) is 4.79 Å². The summed E-state index contributed by atoms with van der Waals surface area (Å²) in [6.07, 6.45) is 0. The molecular weight excluding hydrogens is 410 g/mol. The van der Waals surface area contributed by atoms with Crippen LogP contribution in [-0.2, 0) is 4.79 Å². The van der Waals surface area contributed by atoms with Gasteiger partial charge in [0.15, 0.2) is 11.0 Å². The van der Waals surface area contributed by atoms with Crippen LogP contribution in [0.5, 0.6) is 5.75 Å². The highest BCUT2D eigenvalue weighted by Gasteiger charge is 2.24. The fourth-order valence-electron chi connectivity index (χ4n) is 2.57. The number of aromatic nitrogens is 3. The number of amides is 3. The van der Waals surface area contributed by atoms with E-state index < -0.39 is 17.2 Å². The maximum Gasteiger partial charge on any atom is 0.321 e. The number of urea groups is 1. The fourth-order valence-corrected chi connectivity index (χ4v) is 4.13. The Morgan fingerprint density at radius 2 is 2.03 bits per heavy atom. The first-order chi connectivity index (χ1) is 14.0. The molecule has 0 saturated carbocycles. The summed E-state index contributed by atoms with van der Waals surface area (Å²) in [5.74, 6) is 0.905. The molecule has 3 aromatic rings. The molecule has 8 nitrogen and oxygen atoms in total. The number of carbonyl (C=O) groups excluding carboxylic acids is 2. The number of nitrogens with one attached hydrogen (secondary N) is 2. The Balaban J connectivity index is 1.95. The molecule has 2 heterocycles. The van der Waals surface area contributed by atoms with E-state index >= 15 is 0 Å². The Morgan fingerprint density at radius 3 is 2.72 bits per heavy atom. The molecule has 0 aliphatic carbocycles. The molecule has 2 N–H and O–H groups in total. The van der Waals surface area contributed by atoms with Gasteiger partial charge in [0.05, 0.1) is 22.9 Å². The van der Waals surface area contributed by atoms with Crippen LogP contribution in [0.2, 0.25) is 0 Å². The summed E-state index contributed by atoms with van der Waals surface area (Å²) in [5.41, 5.74) is 0.766. The van der Waals surface area contributed by atoms with Gasteiger partial charge in [-0.3, -0.25) is 14.7 Å². The molecule has 0 radical (unpaired) electrons. The second kappa shape index (κ2) is 9.57. The molecular formula is C19H21N5O3S2. The van der Waals surface area contributed by atoms with Gasteiger partial charge in [0.1, 0.15) is 5.75 Å². The number of rotatable bonds is 7. The van der Waals surface area contributed by atoms with Crippen molar-refractivity contribution >= 4 is 35.0 Å². The van der Waals surface area contributed by atoms with Gasteiger partial charge in [0.25, 0.3) is 0 Å². The SMILES string of the molecule is CCNC(=O)NC(=O)C(C)Sc1nnc(-c2cccs2)n1-c1ccccc1OC. The summed E-state index contributed by atoms with van der Waals surface area (Å²) in [6, 6.07) is 10.9. The molecule has 3 amide bonds. The van der Waals surface area contributed by atoms with Crippen LogP contribution in [0.15, 0.2) is 46.9 Å². The van der Waals surface area contributed by atoms with Crippen molar-refractivity contribution in [3.05, 3.63) is 41.8 Å². The van der Waals surface area contributed by atoms with Gasteiger partial charge in [-0.15, -0.1) is 21.5 Å². The Bertz CT molecular complexity index is 988. The third-order valence-electron chi connectivity index (χ3n) is 3.93. The molecule has 0 aliphatic rings. The summed E-state index contributed by atoms with van der Waals surface area (Å²) < 4.78 is 7.38. The lowest BCUT2D eigenvalue weighted by Crippen LogP contribution is -2.42. The molecule has 29 heavy (non-hydrogen) atoms. The highest BCUT2D eigenvalue weighted by atomic mass is 32.2. The third kappa shape index (κ3) is 4.77. The van der Waals surface area contributed by atoms with Gasteiger partial charge in [0.2, 0.25) is 5.91 Å². The Hall–Kier alpha value is -2.85. The van der Waals surface area contributed by atoms with E-state index in [-0.39, 0.29) is 0 Å². The van der Waals surface area contributed by atoms with Crippen molar-refractivity contribution in [2.45, 2.75) is 24.3 Å². The zero-order chi connectivity index (χ0) is 20.8. The zero-order valence-electron chi connectivity index (χ0n) is 16.2. The van der Waals surface area contributed by atoms with Crippen molar-refractivity contribution in [3.63, 3.8) is 0 Å². The minimum Gasteiger partial charge on any atom is -0.495 e. The first kappa shape index (κ1) is 20.9. The van der Waals surface area contributed by atoms with Crippen molar-refractivity contribution in [2.75, 3.05) is 13.7 Å². The van der Waals surface area contributed by atoms with E-state index in [9.17, 15) is 9.59 Å². The van der Waals surface area contributed by atoms with Crippen molar-refractivity contribution < 1.29 is 14.3 Å². The average Bonchev–Trinajstić information content (AvgIpc) is 3.37. The predicted octanol–water partition coefficient (Wildman–Crippen LogP) is 3.33. The Labute approximate surface area is 176 Å². The number of hydrogen-bond acceptors (Lipinski definition) is 7. The van der Waals surface area contributed by atoms with Crippen LogP contribution < -0.4 is 15.4 Å². The molecule has 152 valence electrons. The lowest BCUT2D eigenvalue weighted by Gasteiger charge is -2.15. The average molecular weight is 432 g/mol. The lowest BCUT2D eigenvalue weighted by molar-refractivity contribution is -0.119. The Morgan fingerprint density at radius 1 is 1.24 bits per heavy atom. The smallest absolute Gasteiger partial charge is 0.321 e. The van der Waals surface area contributed by atoms with E-state index in [1.54, 1.807) is 32.3 Å². The summed E-state index contributed by atoms with van der Waals surface area (Å²) >= 11 is 2.76. The summed E-state index contributed by atoms with van der Waals surface area (Å²) in [4.78, 5) is 24.9. The third-order valence-corrected chi connectivity index (χ3v) is 5.83. The van der Waals surface area contributed by atoms with Crippen LogP contribution in [0.4, 0.5) is 4.79 Å². The Kier molecular flexibility index (Phi) is 6.89. The van der Waals surface area contributed by atoms with Crippen molar-refractivity contribution in [1.29, 1.82) is 0 Å². The van der Waals surface area contributed by atoms with E-state index in [1.165, 1.54) is 11.8 Å². The van der Waals surface area contributed by atoms with Gasteiger partial charge in [-0.2, -0.15) is 0 Å². The maximum absolute atomic E-state index is 12.4. The first-order valence-corrected chi connectivity index (χ1v) is 10.7. The molecule has 0 aliphatic heterocycles. The van der Waals surface area contributed by atoms with Crippen molar-refractivity contribution in [2.24, 2.45) is 0 Å². The summed E-state index contributed by atoms with van der Waals surface area (Å²) in [7, 11) is 1.60. The number of thioether (sulfide) groups is 1. The molecule has 0 bridgehead atoms. The molecule has 0 fully saturated rings. The summed E-state index contributed by atoms with van der Waals surface area (Å²) in [5, 5.41) is 15.5. The van der Waals surface area contributed by atoms with E-state index in [0.29, 0.717) is 23.3 Å². The molecule has 3 rings (SSSR count). The van der Waals surface area contributed by atoms with E-state index in [2.05, 4.69) is 20.8 Å². The second-order valence-electron chi connectivity index (χ2n) is 5.90. The van der Waals surface area contributed by atoms with Gasteiger partial charge in [0, 0.05) is 6.54 Å². The van der Waals surface area contributed by atoms with E-state index in [4.69, 9.17) is 4.74 Å². The topological polar surface area (TPSA) is 98.1 Å². The number of ether oxygens (including phenoxy) is 1. The van der Waals surface area contributed by atoms with E-state index in [1.807, 2.05) is 46.3 Å². The molecule has 1 atom stereocenters. The molecule has 2 aromatic heterocycles. The summed E-state index contributed by atoms with van der Waals surface area (Å²) in [6.45, 7) is 3.93. The number of carbonyl (C=O) groups is 2. The lowest BCUT2D eigenvalue weighted by atomic mass is 10.3. The number of nitrogens with zero attached hydrogens (tertiary/aromatic N) is 3. The van der Waals surface area contributed by atoms with Crippen molar-refractivity contribution in [3.8, 4) is 22.1 Å². The van der Waals surface area contributed by atoms with Crippen molar-refractivity contribution in [1.82, 2.24) is 25.4 Å². The van der Waals surface area contributed by atoms with Gasteiger partial charge in [-0.1, -0.05) is 30.0 Å². The second-order valence-corrected chi connectivity index (χ2v) is 8.16. The number of benzene rings is 1. The molecule has 10 heteroatoms. The minimum atomic E-state index is -0.563.